The molecule has 3 nitrogen and oxygen atoms in total. The molecule has 0 amide bonds. The predicted molar refractivity (Wildman–Crippen MR) is 110 cm³/mol. The maximum atomic E-state index is 4.28. The largest absolute Gasteiger partial charge is 0.340 e. The third-order valence-corrected chi connectivity index (χ3v) is 2.46. The molecule has 0 atom stereocenters. The molecular formula is C21H31N3. The molecule has 0 fully saturated rings. The van der Waals surface area contributed by atoms with Crippen LogP contribution in [0.1, 0.15) is 34.6 Å². The Kier molecular flexibility index (Phi) is 16.4. The minimum Gasteiger partial charge on any atom is -0.340 e. The topological polar surface area (TPSA) is 37.8 Å². The smallest absolute Gasteiger partial charge is 0.141 e. The lowest BCUT2D eigenvalue weighted by atomic mass is 10.3. The molecule has 0 bridgehead atoms. The van der Waals surface area contributed by atoms with Gasteiger partial charge in [0.2, 0.25) is 0 Å². The first-order chi connectivity index (χ1) is 11.8. The summed E-state index contributed by atoms with van der Waals surface area (Å²) in [4.78, 5) is 8.51. The van der Waals surface area contributed by atoms with E-state index in [4.69, 9.17) is 0 Å². The van der Waals surface area contributed by atoms with Gasteiger partial charge in [0.25, 0.3) is 0 Å². The lowest BCUT2D eigenvalue weighted by Crippen LogP contribution is -2.31. The molecule has 0 unspecified atom stereocenters. The van der Waals surface area contributed by atoms with Gasteiger partial charge >= 0.3 is 0 Å². The molecule has 130 valence electrons. The lowest BCUT2D eigenvalue weighted by Gasteiger charge is -2.06. The van der Waals surface area contributed by atoms with Gasteiger partial charge in [-0.1, -0.05) is 77.8 Å². The Morgan fingerprint density at radius 2 is 1.58 bits per heavy atom. The number of nitrogens with zero attached hydrogens (tertiary/aromatic N) is 2. The van der Waals surface area contributed by atoms with Crippen LogP contribution in [-0.2, 0) is 0 Å². The number of aromatic nitrogens is 2. The summed E-state index contributed by atoms with van der Waals surface area (Å²) in [6, 6.07) is 0. The summed E-state index contributed by atoms with van der Waals surface area (Å²) in [6.45, 7) is 21.0. The molecule has 0 spiro atoms. The van der Waals surface area contributed by atoms with Crippen LogP contribution in [-0.4, -0.2) is 9.97 Å². The molecule has 1 N–H and O–H groups in total. The fourth-order valence-electron chi connectivity index (χ4n) is 1.55. The minimum atomic E-state index is 0.717. The molecule has 1 aromatic rings. The quantitative estimate of drug-likeness (QED) is 0.781. The highest BCUT2D eigenvalue weighted by Gasteiger charge is 1.99. The van der Waals surface area contributed by atoms with Gasteiger partial charge in [0.05, 0.1) is 5.35 Å². The highest BCUT2D eigenvalue weighted by molar-refractivity contribution is 5.53. The third-order valence-electron chi connectivity index (χ3n) is 2.46. The van der Waals surface area contributed by atoms with Gasteiger partial charge in [-0.05, 0) is 25.2 Å². The molecule has 0 aliphatic carbocycles. The average molecular weight is 326 g/mol. The van der Waals surface area contributed by atoms with Crippen molar-refractivity contribution in [3.63, 3.8) is 0 Å². The standard InChI is InChI=1S/C17H19N3.2C2H6/c1-5-9-12-14(8-4)20-17-15(10-6-2)16(11-7-3)18-13-19-17;2*1-2/h5-13H,1-3H2,4H3,(H,18,19,20);2*1-2H3/b12-9-,14-8+,15-10+,16-11+;;. The molecular weight excluding hydrogens is 294 g/mol. The van der Waals surface area contributed by atoms with E-state index in [0.29, 0.717) is 0 Å². The van der Waals surface area contributed by atoms with Crippen LogP contribution < -0.4 is 15.9 Å². The third kappa shape index (κ3) is 8.69. The number of allylic oxidation sites excluding steroid dienone is 6. The summed E-state index contributed by atoms with van der Waals surface area (Å²) in [5, 5.41) is 4.92. The van der Waals surface area contributed by atoms with Gasteiger partial charge in [0.1, 0.15) is 12.1 Å². The summed E-state index contributed by atoms with van der Waals surface area (Å²) in [5.41, 5.74) is 0.923. The van der Waals surface area contributed by atoms with E-state index in [1.54, 1.807) is 18.2 Å². The Balaban J connectivity index is 0. The molecule has 0 saturated heterocycles. The Hall–Kier alpha value is -2.68. The Bertz CT molecular complexity index is 665. The van der Waals surface area contributed by atoms with Crippen LogP contribution in [0.15, 0.2) is 68.2 Å². The molecule has 0 aliphatic rings. The predicted octanol–water partition coefficient (Wildman–Crippen LogP) is 4.52. The molecule has 1 aromatic heterocycles. The number of nitrogens with one attached hydrogen (secondary N) is 1. The van der Waals surface area contributed by atoms with Crippen molar-refractivity contribution in [1.82, 2.24) is 9.97 Å². The SMILES string of the molecule is C=C/C=C\C(=C/C)Nc1ncnc(=C/C=C)/c1=C\C=C.CC.CC. The molecule has 1 rings (SSSR count). The lowest BCUT2D eigenvalue weighted by molar-refractivity contribution is 1.10. The molecule has 1 heterocycles. The van der Waals surface area contributed by atoms with Crippen molar-refractivity contribution in [2.24, 2.45) is 0 Å². The fraction of sp³-hybridized carbons (Fsp3) is 0.238. The van der Waals surface area contributed by atoms with E-state index >= 15 is 0 Å². The van der Waals surface area contributed by atoms with Gasteiger partial charge in [-0.15, -0.1) is 0 Å². The second-order valence-corrected chi connectivity index (χ2v) is 3.79. The Morgan fingerprint density at radius 1 is 0.958 bits per heavy atom. The Labute approximate surface area is 147 Å². The Morgan fingerprint density at radius 3 is 2.08 bits per heavy atom. The zero-order chi connectivity index (χ0) is 18.8. The first kappa shape index (κ1) is 23.6. The average Bonchev–Trinajstić information content (AvgIpc) is 2.64. The molecule has 0 saturated carbocycles. The van der Waals surface area contributed by atoms with E-state index < -0.39 is 0 Å². The monoisotopic (exact) mass is 325 g/mol. The van der Waals surface area contributed by atoms with Crippen LogP contribution in [0, 0.1) is 0 Å². The molecule has 3 heteroatoms. The second-order valence-electron chi connectivity index (χ2n) is 3.79. The van der Waals surface area contributed by atoms with E-state index in [9.17, 15) is 0 Å². The van der Waals surface area contributed by atoms with Gasteiger partial charge in [-0.2, -0.15) is 0 Å². The number of hydrogen-bond donors (Lipinski definition) is 1. The first-order valence-corrected chi connectivity index (χ1v) is 8.25. The van der Waals surface area contributed by atoms with Crippen LogP contribution in [0.5, 0.6) is 0 Å². The zero-order valence-electron chi connectivity index (χ0n) is 15.7. The second kappa shape index (κ2) is 16.7. The van der Waals surface area contributed by atoms with E-state index in [1.165, 1.54) is 6.33 Å². The van der Waals surface area contributed by atoms with E-state index in [-0.39, 0.29) is 0 Å². The molecule has 24 heavy (non-hydrogen) atoms. The van der Waals surface area contributed by atoms with Gasteiger partial charge < -0.3 is 5.32 Å². The van der Waals surface area contributed by atoms with Crippen molar-refractivity contribution in [2.75, 3.05) is 5.32 Å². The van der Waals surface area contributed by atoms with Gasteiger partial charge in [-0.3, -0.25) is 0 Å². The van der Waals surface area contributed by atoms with Crippen LogP contribution >= 0.6 is 0 Å². The van der Waals surface area contributed by atoms with Crippen molar-refractivity contribution >= 4 is 18.0 Å². The molecule has 0 aliphatic heterocycles. The number of anilines is 1. The summed E-state index contributed by atoms with van der Waals surface area (Å²) in [6.07, 6.45) is 16.1. The number of hydrogen-bond acceptors (Lipinski definition) is 3. The van der Waals surface area contributed by atoms with Crippen molar-refractivity contribution in [1.29, 1.82) is 0 Å². The van der Waals surface area contributed by atoms with Gasteiger partial charge in [0, 0.05) is 10.9 Å². The maximum absolute atomic E-state index is 4.28. The highest BCUT2D eigenvalue weighted by Crippen LogP contribution is 2.01. The highest BCUT2D eigenvalue weighted by atomic mass is 15.0. The molecule has 0 aromatic carbocycles. The van der Waals surface area contributed by atoms with Crippen LogP contribution in [0.4, 0.5) is 5.82 Å². The normalized spacial score (nSPS) is 11.8. The van der Waals surface area contributed by atoms with E-state index in [0.717, 1.165) is 22.1 Å². The summed E-state index contributed by atoms with van der Waals surface area (Å²) < 4.78 is 0. The maximum Gasteiger partial charge on any atom is 0.141 e. The van der Waals surface area contributed by atoms with E-state index in [1.807, 2.05) is 65.0 Å². The summed E-state index contributed by atoms with van der Waals surface area (Å²) in [7, 11) is 0. The zero-order valence-corrected chi connectivity index (χ0v) is 15.7. The van der Waals surface area contributed by atoms with Gasteiger partial charge in [0.15, 0.2) is 0 Å². The van der Waals surface area contributed by atoms with Crippen molar-refractivity contribution in [3.05, 3.63) is 78.8 Å². The fourth-order valence-corrected chi connectivity index (χ4v) is 1.55. The van der Waals surface area contributed by atoms with Crippen molar-refractivity contribution < 1.29 is 0 Å². The summed E-state index contributed by atoms with van der Waals surface area (Å²) >= 11 is 0. The molecule has 0 radical (unpaired) electrons. The van der Waals surface area contributed by atoms with E-state index in [2.05, 4.69) is 35.0 Å². The van der Waals surface area contributed by atoms with Crippen LogP contribution in [0.25, 0.3) is 12.2 Å². The van der Waals surface area contributed by atoms with Crippen molar-refractivity contribution in [3.8, 4) is 0 Å². The van der Waals surface area contributed by atoms with Crippen LogP contribution in [0.2, 0.25) is 0 Å². The van der Waals surface area contributed by atoms with Crippen molar-refractivity contribution in [2.45, 2.75) is 34.6 Å². The van der Waals surface area contributed by atoms with Crippen LogP contribution in [0.3, 0.4) is 0 Å². The first-order valence-electron chi connectivity index (χ1n) is 8.25. The van der Waals surface area contributed by atoms with Gasteiger partial charge in [-0.25, -0.2) is 9.97 Å². The number of rotatable bonds is 6. The minimum absolute atomic E-state index is 0.717. The summed E-state index contributed by atoms with van der Waals surface area (Å²) in [5.74, 6) is 0.717.